The largest absolute Gasteiger partial charge is 0.342 e. The number of urea groups is 1. The highest BCUT2D eigenvalue weighted by Crippen LogP contribution is 2.27. The van der Waals surface area contributed by atoms with E-state index in [1.807, 2.05) is 35.2 Å². The minimum absolute atomic E-state index is 0.175. The van der Waals surface area contributed by atoms with Crippen molar-refractivity contribution in [1.82, 2.24) is 10.2 Å². The highest BCUT2D eigenvalue weighted by molar-refractivity contribution is 5.90. The van der Waals surface area contributed by atoms with Crippen LogP contribution < -0.4 is 10.6 Å². The van der Waals surface area contributed by atoms with Crippen molar-refractivity contribution in [2.24, 2.45) is 5.92 Å². The molecular weight excluding hydrogens is 362 g/mol. The van der Waals surface area contributed by atoms with E-state index in [1.165, 1.54) is 29.5 Å². The zero-order chi connectivity index (χ0) is 20.1. The van der Waals surface area contributed by atoms with Crippen molar-refractivity contribution in [1.29, 1.82) is 0 Å². The van der Waals surface area contributed by atoms with Crippen LogP contribution in [0.1, 0.15) is 36.0 Å². The molecule has 2 aromatic carbocycles. The fraction of sp³-hybridized carbons (Fsp3) is 0.417. The monoisotopic (exact) mass is 391 g/mol. The Morgan fingerprint density at radius 3 is 2.72 bits per heavy atom. The van der Waals surface area contributed by atoms with Crippen molar-refractivity contribution in [3.05, 3.63) is 65.2 Å². The second-order valence-corrected chi connectivity index (χ2v) is 8.13. The average Bonchev–Trinajstić information content (AvgIpc) is 3.11. The lowest BCUT2D eigenvalue weighted by atomic mass is 9.90. The lowest BCUT2D eigenvalue weighted by molar-refractivity contribution is -0.127. The summed E-state index contributed by atoms with van der Waals surface area (Å²) in [5, 5.41) is 5.98. The van der Waals surface area contributed by atoms with Crippen LogP contribution >= 0.6 is 0 Å². The fourth-order valence-corrected chi connectivity index (χ4v) is 4.42. The first-order valence-corrected chi connectivity index (χ1v) is 10.7. The summed E-state index contributed by atoms with van der Waals surface area (Å²) in [6, 6.07) is 16.2. The standard InChI is InChI=1S/C24H29N3O2/c28-23-15-19(17-27(23)14-13-18-7-2-1-3-8-18)16-25-24(29)26-22-12-6-10-20-9-4-5-11-21(20)22/h1-3,6-8,10,12,19H,4-5,9,11,13-17H2,(H2,25,26,29). The number of benzene rings is 2. The highest BCUT2D eigenvalue weighted by Gasteiger charge is 2.29. The van der Waals surface area contributed by atoms with Crippen LogP contribution in [0.5, 0.6) is 0 Å². The number of amides is 3. The summed E-state index contributed by atoms with van der Waals surface area (Å²) in [6.45, 7) is 1.98. The van der Waals surface area contributed by atoms with Gasteiger partial charge in [0.2, 0.25) is 5.91 Å². The number of carbonyl (C=O) groups is 2. The van der Waals surface area contributed by atoms with Gasteiger partial charge in [0.25, 0.3) is 0 Å². The number of anilines is 1. The Bertz CT molecular complexity index is 866. The van der Waals surface area contributed by atoms with E-state index in [0.29, 0.717) is 19.5 Å². The first-order chi connectivity index (χ1) is 14.2. The van der Waals surface area contributed by atoms with Gasteiger partial charge in [-0.3, -0.25) is 4.79 Å². The number of nitrogens with zero attached hydrogens (tertiary/aromatic N) is 1. The number of fused-ring (bicyclic) bond motifs is 1. The number of likely N-dealkylation sites (tertiary alicyclic amines) is 1. The van der Waals surface area contributed by atoms with Gasteiger partial charge in [0, 0.05) is 37.7 Å². The summed E-state index contributed by atoms with van der Waals surface area (Å²) in [4.78, 5) is 26.6. The number of nitrogens with one attached hydrogen (secondary N) is 2. The topological polar surface area (TPSA) is 61.4 Å². The fourth-order valence-electron chi connectivity index (χ4n) is 4.42. The van der Waals surface area contributed by atoms with E-state index >= 15 is 0 Å². The van der Waals surface area contributed by atoms with Crippen molar-refractivity contribution in [2.75, 3.05) is 25.0 Å². The zero-order valence-electron chi connectivity index (χ0n) is 16.8. The summed E-state index contributed by atoms with van der Waals surface area (Å²) in [5.41, 5.74) is 4.79. The molecule has 1 aliphatic heterocycles. The zero-order valence-corrected chi connectivity index (χ0v) is 16.8. The molecule has 0 bridgehead atoms. The molecule has 1 fully saturated rings. The van der Waals surface area contributed by atoms with Crippen molar-refractivity contribution >= 4 is 17.6 Å². The Morgan fingerprint density at radius 2 is 1.86 bits per heavy atom. The molecule has 4 rings (SSSR count). The van der Waals surface area contributed by atoms with E-state index in [9.17, 15) is 9.59 Å². The van der Waals surface area contributed by atoms with E-state index in [2.05, 4.69) is 28.8 Å². The molecule has 2 aromatic rings. The Kier molecular flexibility index (Phi) is 6.13. The van der Waals surface area contributed by atoms with Crippen LogP contribution in [-0.2, 0) is 24.1 Å². The van der Waals surface area contributed by atoms with Crippen LogP contribution in [-0.4, -0.2) is 36.5 Å². The van der Waals surface area contributed by atoms with E-state index in [0.717, 1.165) is 31.5 Å². The minimum atomic E-state index is -0.181. The third kappa shape index (κ3) is 4.97. The molecule has 3 amide bonds. The number of rotatable bonds is 6. The molecule has 5 nitrogen and oxygen atoms in total. The van der Waals surface area contributed by atoms with Gasteiger partial charge in [-0.05, 0) is 54.9 Å². The Morgan fingerprint density at radius 1 is 1.03 bits per heavy atom. The maximum Gasteiger partial charge on any atom is 0.319 e. The summed E-state index contributed by atoms with van der Waals surface area (Å²) in [7, 11) is 0. The Balaban J connectivity index is 1.24. The quantitative estimate of drug-likeness (QED) is 0.787. The molecule has 1 saturated heterocycles. The summed E-state index contributed by atoms with van der Waals surface area (Å²) in [6.07, 6.45) is 5.90. The maximum absolute atomic E-state index is 12.4. The molecule has 29 heavy (non-hydrogen) atoms. The second-order valence-electron chi connectivity index (χ2n) is 8.13. The number of carbonyl (C=O) groups excluding carboxylic acids is 2. The summed E-state index contributed by atoms with van der Waals surface area (Å²) >= 11 is 0. The molecule has 5 heteroatoms. The van der Waals surface area contributed by atoms with Crippen LogP contribution in [0.3, 0.4) is 0 Å². The number of hydrogen-bond acceptors (Lipinski definition) is 2. The van der Waals surface area contributed by atoms with Gasteiger partial charge in [0.1, 0.15) is 0 Å². The van der Waals surface area contributed by atoms with Crippen molar-refractivity contribution < 1.29 is 9.59 Å². The molecule has 1 unspecified atom stereocenters. The van der Waals surface area contributed by atoms with Crippen LogP contribution in [0, 0.1) is 5.92 Å². The predicted octanol–water partition coefficient (Wildman–Crippen LogP) is 3.78. The second kappa shape index (κ2) is 9.12. The van der Waals surface area contributed by atoms with Gasteiger partial charge < -0.3 is 15.5 Å². The van der Waals surface area contributed by atoms with Crippen molar-refractivity contribution in [2.45, 2.75) is 38.5 Å². The normalized spacial score (nSPS) is 18.4. The van der Waals surface area contributed by atoms with Crippen molar-refractivity contribution in [3.8, 4) is 0 Å². The number of hydrogen-bond donors (Lipinski definition) is 2. The molecule has 2 N–H and O–H groups in total. The molecule has 2 aliphatic rings. The minimum Gasteiger partial charge on any atom is -0.342 e. The molecular formula is C24H29N3O2. The Hall–Kier alpha value is -2.82. The molecule has 0 saturated carbocycles. The van der Waals surface area contributed by atoms with Gasteiger partial charge in [-0.1, -0.05) is 42.5 Å². The van der Waals surface area contributed by atoms with Gasteiger partial charge in [0.15, 0.2) is 0 Å². The third-order valence-corrected chi connectivity index (χ3v) is 6.00. The molecule has 0 aromatic heterocycles. The lowest BCUT2D eigenvalue weighted by Gasteiger charge is -2.20. The third-order valence-electron chi connectivity index (χ3n) is 6.00. The van der Waals surface area contributed by atoms with Gasteiger partial charge in [0.05, 0.1) is 0 Å². The maximum atomic E-state index is 12.4. The molecule has 0 radical (unpaired) electrons. The molecule has 1 aliphatic carbocycles. The van der Waals surface area contributed by atoms with Crippen LogP contribution in [0.2, 0.25) is 0 Å². The van der Waals surface area contributed by atoms with Crippen molar-refractivity contribution in [3.63, 3.8) is 0 Å². The van der Waals surface area contributed by atoms with Crippen LogP contribution in [0.4, 0.5) is 10.5 Å². The summed E-state index contributed by atoms with van der Waals surface area (Å²) in [5.74, 6) is 0.360. The molecule has 0 spiro atoms. The lowest BCUT2D eigenvalue weighted by Crippen LogP contribution is -2.34. The van der Waals surface area contributed by atoms with E-state index < -0.39 is 0 Å². The Labute approximate surface area is 172 Å². The van der Waals surface area contributed by atoms with E-state index in [4.69, 9.17) is 0 Å². The SMILES string of the molecule is O=C(NCC1CC(=O)N(CCc2ccccc2)C1)Nc1cccc2c1CCCC2. The first kappa shape index (κ1) is 19.5. The van der Waals surface area contributed by atoms with Gasteiger partial charge in [-0.25, -0.2) is 4.79 Å². The number of aryl methyl sites for hydroxylation is 1. The highest BCUT2D eigenvalue weighted by atomic mass is 16.2. The summed E-state index contributed by atoms with van der Waals surface area (Å²) < 4.78 is 0. The van der Waals surface area contributed by atoms with Gasteiger partial charge in [-0.2, -0.15) is 0 Å². The first-order valence-electron chi connectivity index (χ1n) is 10.7. The molecule has 1 heterocycles. The van der Waals surface area contributed by atoms with Crippen LogP contribution in [0.25, 0.3) is 0 Å². The predicted molar refractivity (Wildman–Crippen MR) is 115 cm³/mol. The van der Waals surface area contributed by atoms with Gasteiger partial charge in [-0.15, -0.1) is 0 Å². The molecule has 152 valence electrons. The van der Waals surface area contributed by atoms with E-state index in [-0.39, 0.29) is 17.9 Å². The average molecular weight is 392 g/mol. The molecule has 1 atom stereocenters. The smallest absolute Gasteiger partial charge is 0.319 e. The van der Waals surface area contributed by atoms with E-state index in [1.54, 1.807) is 0 Å². The van der Waals surface area contributed by atoms with Crippen LogP contribution in [0.15, 0.2) is 48.5 Å². The van der Waals surface area contributed by atoms with Gasteiger partial charge >= 0.3 is 6.03 Å².